The lowest BCUT2D eigenvalue weighted by molar-refractivity contribution is 0.102. The molecule has 28 heavy (non-hydrogen) atoms. The van der Waals surface area contributed by atoms with Gasteiger partial charge in [0.25, 0.3) is 5.91 Å². The summed E-state index contributed by atoms with van der Waals surface area (Å²) in [4.78, 5) is 12.7. The molecular formula is C22H25N3O3. The molecule has 3 rings (SSSR count). The number of aromatic nitrogens is 2. The monoisotopic (exact) mass is 379 g/mol. The largest absolute Gasteiger partial charge is 0.494 e. The third-order valence-corrected chi connectivity index (χ3v) is 4.48. The van der Waals surface area contributed by atoms with Crippen LogP contribution in [0.2, 0.25) is 0 Å². The average Bonchev–Trinajstić information content (AvgIpc) is 2.94. The molecule has 6 nitrogen and oxygen atoms in total. The lowest BCUT2D eigenvalue weighted by Crippen LogP contribution is -2.13. The highest BCUT2D eigenvalue weighted by Crippen LogP contribution is 2.21. The van der Waals surface area contributed by atoms with Crippen molar-refractivity contribution in [2.75, 3.05) is 11.9 Å². The highest BCUT2D eigenvalue weighted by molar-refractivity contribution is 6.05. The van der Waals surface area contributed by atoms with Gasteiger partial charge in [-0.05, 0) is 62.7 Å². The van der Waals surface area contributed by atoms with Gasteiger partial charge in [-0.1, -0.05) is 12.1 Å². The second kappa shape index (κ2) is 8.61. The number of amides is 1. The molecule has 2 aromatic carbocycles. The Morgan fingerprint density at radius 3 is 2.36 bits per heavy atom. The zero-order chi connectivity index (χ0) is 20.1. The fourth-order valence-corrected chi connectivity index (χ4v) is 2.91. The molecule has 0 aliphatic carbocycles. The summed E-state index contributed by atoms with van der Waals surface area (Å²) in [6.07, 6.45) is 0. The summed E-state index contributed by atoms with van der Waals surface area (Å²) >= 11 is 0. The van der Waals surface area contributed by atoms with Gasteiger partial charge in [-0.2, -0.15) is 5.10 Å². The number of aryl methyl sites for hydroxylation is 2. The zero-order valence-corrected chi connectivity index (χ0v) is 16.7. The van der Waals surface area contributed by atoms with Crippen LogP contribution in [0.25, 0.3) is 0 Å². The number of benzene rings is 2. The van der Waals surface area contributed by atoms with E-state index in [1.165, 1.54) is 0 Å². The highest BCUT2D eigenvalue weighted by Gasteiger charge is 2.14. The van der Waals surface area contributed by atoms with Crippen molar-refractivity contribution in [3.8, 4) is 11.5 Å². The molecule has 1 heterocycles. The van der Waals surface area contributed by atoms with Gasteiger partial charge in [-0.25, -0.2) is 0 Å². The van der Waals surface area contributed by atoms with Crippen LogP contribution in [0.5, 0.6) is 11.5 Å². The van der Waals surface area contributed by atoms with E-state index in [2.05, 4.69) is 10.4 Å². The van der Waals surface area contributed by atoms with E-state index in [-0.39, 0.29) is 5.91 Å². The van der Waals surface area contributed by atoms with Crippen molar-refractivity contribution in [3.63, 3.8) is 0 Å². The van der Waals surface area contributed by atoms with Crippen molar-refractivity contribution in [2.24, 2.45) is 7.05 Å². The van der Waals surface area contributed by atoms with E-state index in [9.17, 15) is 4.79 Å². The molecule has 146 valence electrons. The minimum atomic E-state index is -0.165. The van der Waals surface area contributed by atoms with E-state index in [0.717, 1.165) is 34.1 Å². The molecule has 0 atom stereocenters. The standard InChI is InChI=1S/C22H25N3O3/c1-5-27-19-9-11-20(12-10-19)28-14-17-7-6-8-18(13-17)22(26)23-21-15(2)24-25(4)16(21)3/h6-13H,5,14H2,1-4H3,(H,23,26). The molecule has 6 heteroatoms. The number of rotatable bonds is 7. The van der Waals surface area contributed by atoms with Crippen molar-refractivity contribution in [2.45, 2.75) is 27.4 Å². The summed E-state index contributed by atoms with van der Waals surface area (Å²) < 4.78 is 13.0. The summed E-state index contributed by atoms with van der Waals surface area (Å²) in [5.41, 5.74) is 3.96. The minimum absolute atomic E-state index is 0.165. The molecule has 0 spiro atoms. The third-order valence-electron chi connectivity index (χ3n) is 4.48. The highest BCUT2D eigenvalue weighted by atomic mass is 16.5. The fourth-order valence-electron chi connectivity index (χ4n) is 2.91. The molecule has 0 aliphatic rings. The average molecular weight is 379 g/mol. The lowest BCUT2D eigenvalue weighted by Gasteiger charge is -2.10. The van der Waals surface area contributed by atoms with E-state index >= 15 is 0 Å². The summed E-state index contributed by atoms with van der Waals surface area (Å²) in [5.74, 6) is 1.40. The van der Waals surface area contributed by atoms with Crippen molar-refractivity contribution in [3.05, 3.63) is 71.0 Å². The molecule has 3 aromatic rings. The maximum absolute atomic E-state index is 12.7. The van der Waals surface area contributed by atoms with Crippen LogP contribution in [0.1, 0.15) is 34.2 Å². The summed E-state index contributed by atoms with van der Waals surface area (Å²) in [5, 5.41) is 7.29. The molecule has 0 aliphatic heterocycles. The third kappa shape index (κ3) is 4.52. The van der Waals surface area contributed by atoms with E-state index < -0.39 is 0 Å². The molecule has 0 saturated carbocycles. The van der Waals surface area contributed by atoms with Gasteiger partial charge in [-0.3, -0.25) is 9.48 Å². The first-order valence-corrected chi connectivity index (χ1v) is 9.24. The van der Waals surface area contributed by atoms with Crippen molar-refractivity contribution in [1.29, 1.82) is 0 Å². The number of nitrogens with one attached hydrogen (secondary N) is 1. The Bertz CT molecular complexity index is 962. The molecule has 1 N–H and O–H groups in total. The van der Waals surface area contributed by atoms with E-state index in [1.54, 1.807) is 10.7 Å². The normalized spacial score (nSPS) is 10.6. The SMILES string of the molecule is CCOc1ccc(OCc2cccc(C(=O)Nc3c(C)nn(C)c3C)c2)cc1. The van der Waals surface area contributed by atoms with E-state index in [0.29, 0.717) is 18.8 Å². The number of carbonyl (C=O) groups is 1. The maximum atomic E-state index is 12.7. The first-order chi connectivity index (χ1) is 13.5. The molecule has 0 radical (unpaired) electrons. The number of anilines is 1. The van der Waals surface area contributed by atoms with Crippen LogP contribution in [-0.4, -0.2) is 22.3 Å². The van der Waals surface area contributed by atoms with Crippen LogP contribution in [-0.2, 0) is 13.7 Å². The smallest absolute Gasteiger partial charge is 0.255 e. The minimum Gasteiger partial charge on any atom is -0.494 e. The Kier molecular flexibility index (Phi) is 5.99. The molecule has 0 bridgehead atoms. The molecule has 0 saturated heterocycles. The summed E-state index contributed by atoms with van der Waals surface area (Å²) in [7, 11) is 1.86. The Morgan fingerprint density at radius 1 is 1.07 bits per heavy atom. The Labute approximate surface area is 165 Å². The Hall–Kier alpha value is -3.28. The van der Waals surface area contributed by atoms with E-state index in [1.807, 2.05) is 70.3 Å². The molecule has 1 amide bonds. The van der Waals surface area contributed by atoms with Crippen LogP contribution >= 0.6 is 0 Å². The van der Waals surface area contributed by atoms with Gasteiger partial charge in [0, 0.05) is 12.6 Å². The first-order valence-electron chi connectivity index (χ1n) is 9.24. The van der Waals surface area contributed by atoms with Crippen molar-refractivity contribution < 1.29 is 14.3 Å². The van der Waals surface area contributed by atoms with Crippen LogP contribution < -0.4 is 14.8 Å². The van der Waals surface area contributed by atoms with Crippen molar-refractivity contribution in [1.82, 2.24) is 9.78 Å². The topological polar surface area (TPSA) is 65.4 Å². The number of hydrogen-bond donors (Lipinski definition) is 1. The number of carbonyl (C=O) groups excluding carboxylic acids is 1. The quantitative estimate of drug-likeness (QED) is 0.666. The fraction of sp³-hybridized carbons (Fsp3) is 0.273. The van der Waals surface area contributed by atoms with Gasteiger partial charge in [0.1, 0.15) is 18.1 Å². The number of hydrogen-bond acceptors (Lipinski definition) is 4. The predicted octanol–water partition coefficient (Wildman–Crippen LogP) is 4.27. The van der Waals surface area contributed by atoms with Gasteiger partial charge >= 0.3 is 0 Å². The number of nitrogens with zero attached hydrogens (tertiary/aromatic N) is 2. The van der Waals surface area contributed by atoms with Crippen LogP contribution in [0.15, 0.2) is 48.5 Å². The summed E-state index contributed by atoms with van der Waals surface area (Å²) in [6, 6.07) is 14.9. The second-order valence-electron chi connectivity index (χ2n) is 6.52. The van der Waals surface area contributed by atoms with Crippen molar-refractivity contribution >= 4 is 11.6 Å². The van der Waals surface area contributed by atoms with Crippen LogP contribution in [0.4, 0.5) is 5.69 Å². The van der Waals surface area contributed by atoms with Gasteiger partial charge in [-0.15, -0.1) is 0 Å². The Balaban J connectivity index is 1.65. The molecule has 0 fully saturated rings. The zero-order valence-electron chi connectivity index (χ0n) is 16.7. The lowest BCUT2D eigenvalue weighted by atomic mass is 10.1. The van der Waals surface area contributed by atoms with Gasteiger partial charge < -0.3 is 14.8 Å². The summed E-state index contributed by atoms with van der Waals surface area (Å²) in [6.45, 7) is 6.76. The molecule has 0 unspecified atom stereocenters. The van der Waals surface area contributed by atoms with Gasteiger partial charge in [0.05, 0.1) is 23.7 Å². The second-order valence-corrected chi connectivity index (χ2v) is 6.52. The molecular weight excluding hydrogens is 354 g/mol. The van der Waals surface area contributed by atoms with E-state index in [4.69, 9.17) is 9.47 Å². The number of ether oxygens (including phenoxy) is 2. The van der Waals surface area contributed by atoms with Gasteiger partial charge in [0.2, 0.25) is 0 Å². The Morgan fingerprint density at radius 2 is 1.75 bits per heavy atom. The van der Waals surface area contributed by atoms with Crippen LogP contribution in [0.3, 0.4) is 0 Å². The molecule has 1 aromatic heterocycles. The first kappa shape index (κ1) is 19.5. The van der Waals surface area contributed by atoms with Gasteiger partial charge in [0.15, 0.2) is 0 Å². The maximum Gasteiger partial charge on any atom is 0.255 e. The van der Waals surface area contributed by atoms with Crippen LogP contribution in [0, 0.1) is 13.8 Å². The predicted molar refractivity (Wildman–Crippen MR) is 109 cm³/mol.